The first-order chi connectivity index (χ1) is 18.7. The molecular weight excluding hydrogens is 539 g/mol. The van der Waals surface area contributed by atoms with E-state index in [-0.39, 0.29) is 11.5 Å². The number of alkyl halides is 3. The van der Waals surface area contributed by atoms with Gasteiger partial charge in [0.25, 0.3) is 0 Å². The van der Waals surface area contributed by atoms with E-state index in [1.807, 2.05) is 32.0 Å². The normalized spacial score (nSPS) is 15.1. The predicted octanol–water partition coefficient (Wildman–Crippen LogP) is 7.72. The monoisotopic (exact) mass is 567 g/mol. The minimum absolute atomic E-state index is 0.242. The van der Waals surface area contributed by atoms with Crippen LogP contribution in [0.1, 0.15) is 60.0 Å². The van der Waals surface area contributed by atoms with Crippen molar-refractivity contribution in [2.45, 2.75) is 59.4 Å². The first kappa shape index (κ1) is 27.6. The molecule has 7 nitrogen and oxygen atoms in total. The summed E-state index contributed by atoms with van der Waals surface area (Å²) in [5.41, 5.74) is 3.90. The lowest BCUT2D eigenvalue weighted by Gasteiger charge is -2.19. The molecule has 0 spiro atoms. The Morgan fingerprint density at radius 3 is 2.30 bits per heavy atom. The first-order valence-electron chi connectivity index (χ1n) is 12.6. The zero-order valence-corrected chi connectivity index (χ0v) is 23.7. The number of aromatic nitrogens is 3. The summed E-state index contributed by atoms with van der Waals surface area (Å²) in [6.07, 6.45) is -5.21. The van der Waals surface area contributed by atoms with Crippen LogP contribution in [-0.4, -0.2) is 38.3 Å². The van der Waals surface area contributed by atoms with Crippen LogP contribution < -0.4 is 5.32 Å². The fourth-order valence-corrected chi connectivity index (χ4v) is 5.77. The minimum Gasteiger partial charge on any atom is -0.444 e. The minimum atomic E-state index is -4.65. The number of hydrogen-bond donors (Lipinski definition) is 1. The number of aliphatic imine (C=N–C) groups is 1. The number of fused-ring (bicyclic) bond motifs is 3. The number of thiophene rings is 1. The number of nitrogens with one attached hydrogen (secondary N) is 1. The highest BCUT2D eigenvalue weighted by molar-refractivity contribution is 7.15. The molecule has 1 aliphatic rings. The number of ether oxygens (including phenoxy) is 1. The Morgan fingerprint density at radius 2 is 1.65 bits per heavy atom. The van der Waals surface area contributed by atoms with Crippen LogP contribution in [0.3, 0.4) is 0 Å². The van der Waals surface area contributed by atoms with Gasteiger partial charge in [-0.15, -0.1) is 21.5 Å². The van der Waals surface area contributed by atoms with Crippen LogP contribution in [0.5, 0.6) is 0 Å². The maximum absolute atomic E-state index is 14.3. The highest BCUT2D eigenvalue weighted by atomic mass is 32.1. The lowest BCUT2D eigenvalue weighted by Crippen LogP contribution is -2.27. The van der Waals surface area contributed by atoms with Crippen molar-refractivity contribution >= 4 is 28.8 Å². The van der Waals surface area contributed by atoms with E-state index in [0.717, 1.165) is 21.6 Å². The van der Waals surface area contributed by atoms with E-state index in [0.29, 0.717) is 27.6 Å². The van der Waals surface area contributed by atoms with Gasteiger partial charge in [0.2, 0.25) is 6.04 Å². The number of carbonyl (C=O) groups is 1. The quantitative estimate of drug-likeness (QED) is 0.275. The third-order valence-electron chi connectivity index (χ3n) is 6.47. The van der Waals surface area contributed by atoms with Crippen molar-refractivity contribution in [3.05, 3.63) is 81.7 Å². The van der Waals surface area contributed by atoms with Gasteiger partial charge in [0, 0.05) is 21.7 Å². The summed E-state index contributed by atoms with van der Waals surface area (Å²) in [7, 11) is 0. The van der Waals surface area contributed by atoms with Gasteiger partial charge in [-0.05, 0) is 70.4 Å². The molecule has 0 bridgehead atoms. The average Bonchev–Trinajstić information content (AvgIpc) is 3.31. The molecule has 0 saturated carbocycles. The Labute approximate surface area is 233 Å². The predicted molar refractivity (Wildman–Crippen MR) is 150 cm³/mol. The zero-order chi connectivity index (χ0) is 29.0. The molecule has 1 unspecified atom stereocenters. The average molecular weight is 568 g/mol. The standard InChI is InChI=1S/C29H28F3N5O2S/c1-15-16(2)40-26-22(15)23(34-24(29(30,31)32)25-36-35-17(3)37(25)26)19-12-10-18(11-13-19)20-8-7-9-21(14-20)33-27(38)39-28(4,5)6/h7-14,24H,1-6H3,(H,33,38). The number of benzene rings is 2. The molecule has 5 rings (SSSR count). The summed E-state index contributed by atoms with van der Waals surface area (Å²) in [4.78, 5) is 17.5. The van der Waals surface area contributed by atoms with Gasteiger partial charge in [-0.2, -0.15) is 13.2 Å². The van der Waals surface area contributed by atoms with Crippen LogP contribution in [0.15, 0.2) is 53.5 Å². The molecule has 11 heteroatoms. The molecule has 0 saturated heterocycles. The number of halogens is 3. The number of nitrogens with zero attached hydrogens (tertiary/aromatic N) is 4. The van der Waals surface area contributed by atoms with Gasteiger partial charge in [0.05, 0.1) is 5.71 Å². The third kappa shape index (κ3) is 5.25. The largest absolute Gasteiger partial charge is 0.444 e. The summed E-state index contributed by atoms with van der Waals surface area (Å²) >= 11 is 1.40. The molecule has 0 radical (unpaired) electrons. The highest BCUT2D eigenvalue weighted by Crippen LogP contribution is 2.43. The van der Waals surface area contributed by atoms with E-state index < -0.39 is 23.9 Å². The number of anilines is 1. The van der Waals surface area contributed by atoms with Crippen molar-refractivity contribution in [3.63, 3.8) is 0 Å². The molecule has 1 atom stereocenters. The van der Waals surface area contributed by atoms with Crippen molar-refractivity contribution in [1.29, 1.82) is 0 Å². The molecule has 0 aliphatic carbocycles. The maximum Gasteiger partial charge on any atom is 0.418 e. The number of hydrogen-bond acceptors (Lipinski definition) is 6. The molecule has 0 fully saturated rings. The van der Waals surface area contributed by atoms with E-state index in [1.54, 1.807) is 58.0 Å². The van der Waals surface area contributed by atoms with Crippen LogP contribution in [0, 0.1) is 20.8 Å². The van der Waals surface area contributed by atoms with Crippen molar-refractivity contribution in [1.82, 2.24) is 14.8 Å². The summed E-state index contributed by atoms with van der Waals surface area (Å²) in [6, 6.07) is 12.3. The second-order valence-corrected chi connectivity index (χ2v) is 11.8. The van der Waals surface area contributed by atoms with Crippen LogP contribution in [0.2, 0.25) is 0 Å². The van der Waals surface area contributed by atoms with Crippen LogP contribution in [0.25, 0.3) is 16.1 Å². The molecule has 2 aromatic heterocycles. The van der Waals surface area contributed by atoms with E-state index in [4.69, 9.17) is 4.74 Å². The Kier molecular flexibility index (Phi) is 6.81. The first-order valence-corrected chi connectivity index (χ1v) is 13.4. The molecule has 40 heavy (non-hydrogen) atoms. The van der Waals surface area contributed by atoms with E-state index >= 15 is 0 Å². The molecular formula is C29H28F3N5O2S. The number of amides is 1. The number of carbonyl (C=O) groups excluding carboxylic acids is 1. The fourth-order valence-electron chi connectivity index (χ4n) is 4.56. The summed E-state index contributed by atoms with van der Waals surface area (Å²) in [5, 5.41) is 11.2. The Morgan fingerprint density at radius 1 is 0.975 bits per heavy atom. The Balaban J connectivity index is 1.54. The van der Waals surface area contributed by atoms with Crippen molar-refractivity contribution in [3.8, 4) is 16.1 Å². The van der Waals surface area contributed by atoms with Crippen LogP contribution >= 0.6 is 11.3 Å². The highest BCUT2D eigenvalue weighted by Gasteiger charge is 2.47. The third-order valence-corrected chi connectivity index (χ3v) is 7.66. The van der Waals surface area contributed by atoms with Crippen molar-refractivity contribution in [2.24, 2.45) is 4.99 Å². The smallest absolute Gasteiger partial charge is 0.418 e. The lowest BCUT2D eigenvalue weighted by molar-refractivity contribution is -0.150. The summed E-state index contributed by atoms with van der Waals surface area (Å²) in [6.45, 7) is 10.8. The second-order valence-electron chi connectivity index (χ2n) is 10.6. The fraction of sp³-hybridized carbons (Fsp3) is 0.310. The Bertz CT molecular complexity index is 1630. The van der Waals surface area contributed by atoms with Gasteiger partial charge in [-0.25, -0.2) is 4.79 Å². The molecule has 1 aliphatic heterocycles. The van der Waals surface area contributed by atoms with Gasteiger partial charge < -0.3 is 4.74 Å². The SMILES string of the molecule is Cc1sc2c(c1C)C(c1ccc(-c3cccc(NC(=O)OC(C)(C)C)c3)cc1)=NC(C(F)(F)F)c1nnc(C)n1-2. The van der Waals surface area contributed by atoms with Crippen LogP contribution in [-0.2, 0) is 4.74 Å². The molecule has 1 amide bonds. The van der Waals surface area contributed by atoms with Gasteiger partial charge in [0.1, 0.15) is 16.4 Å². The number of aryl methyl sites for hydroxylation is 2. The topological polar surface area (TPSA) is 81.4 Å². The van der Waals surface area contributed by atoms with E-state index in [2.05, 4.69) is 20.5 Å². The zero-order valence-electron chi connectivity index (χ0n) is 22.8. The molecule has 4 aromatic rings. The van der Waals surface area contributed by atoms with Gasteiger partial charge in [0.15, 0.2) is 5.82 Å². The molecule has 2 aromatic carbocycles. The number of rotatable bonds is 3. The van der Waals surface area contributed by atoms with Gasteiger partial charge in [-0.1, -0.05) is 36.4 Å². The molecule has 1 N–H and O–H groups in total. The van der Waals surface area contributed by atoms with Crippen molar-refractivity contribution < 1.29 is 22.7 Å². The van der Waals surface area contributed by atoms with Gasteiger partial charge >= 0.3 is 12.3 Å². The lowest BCUT2D eigenvalue weighted by atomic mass is 9.97. The summed E-state index contributed by atoms with van der Waals surface area (Å²) < 4.78 is 49.7. The summed E-state index contributed by atoms with van der Waals surface area (Å²) in [5.74, 6) is 0.131. The molecule has 208 valence electrons. The van der Waals surface area contributed by atoms with Gasteiger partial charge in [-0.3, -0.25) is 14.9 Å². The van der Waals surface area contributed by atoms with Crippen LogP contribution in [0.4, 0.5) is 23.7 Å². The second kappa shape index (κ2) is 9.88. The van der Waals surface area contributed by atoms with Crippen molar-refractivity contribution in [2.75, 3.05) is 5.32 Å². The van der Waals surface area contributed by atoms with E-state index in [1.165, 1.54) is 15.9 Å². The van der Waals surface area contributed by atoms with E-state index in [9.17, 15) is 18.0 Å². The molecule has 3 heterocycles. The Hall–Kier alpha value is -3.99. The maximum atomic E-state index is 14.3.